The summed E-state index contributed by atoms with van der Waals surface area (Å²) in [6.45, 7) is 8.00. The normalized spacial score (nSPS) is 23.2. The maximum absolute atomic E-state index is 14.0. The van der Waals surface area contributed by atoms with E-state index in [1.807, 2.05) is 30.9 Å². The number of piperazine rings is 1. The van der Waals surface area contributed by atoms with Crippen LogP contribution in [0.4, 0.5) is 0 Å². The fraction of sp³-hybridized carbons (Fsp3) is 0.645. The number of nitrogens with one attached hydrogen (secondary N) is 2. The number of likely N-dealkylation sites (tertiary alicyclic amines) is 1. The van der Waals surface area contributed by atoms with Crippen LogP contribution in [0.1, 0.15) is 93.3 Å². The monoisotopic (exact) mass is 605 g/mol. The number of unbranched alkanes of at least 4 members (excludes halogenated alkanes) is 1. The van der Waals surface area contributed by atoms with Gasteiger partial charge in [-0.2, -0.15) is 5.10 Å². The number of hydrogen-bond acceptors (Lipinski definition) is 5. The number of aryl methyl sites for hydroxylation is 2. The van der Waals surface area contributed by atoms with Gasteiger partial charge >= 0.3 is 0 Å². The summed E-state index contributed by atoms with van der Waals surface area (Å²) in [5.41, 5.74) is 3.34. The fourth-order valence-electron chi connectivity index (χ4n) is 7.28. The van der Waals surface area contributed by atoms with Crippen molar-refractivity contribution in [2.75, 3.05) is 19.6 Å². The van der Waals surface area contributed by atoms with Crippen molar-refractivity contribution in [2.45, 2.75) is 102 Å². The number of aliphatic hydroxyl groups excluding tert-OH is 1. The Morgan fingerprint density at radius 3 is 2.34 bits per heavy atom. The maximum atomic E-state index is 14.0. The van der Waals surface area contributed by atoms with Crippen LogP contribution < -0.4 is 5.32 Å². The third-order valence-electron chi connectivity index (χ3n) is 9.60. The van der Waals surface area contributed by atoms with E-state index < -0.39 is 17.7 Å². The molecule has 1 aromatic carbocycles. The molecule has 2 aliphatic heterocycles. The van der Waals surface area contributed by atoms with Gasteiger partial charge in [0.2, 0.25) is 11.8 Å². The fourth-order valence-corrected chi connectivity index (χ4v) is 7.40. The number of piperidine rings is 1. The number of amides is 2. The number of rotatable bonds is 8. The highest BCUT2D eigenvalue weighted by atomic mass is 35.5. The van der Waals surface area contributed by atoms with Crippen molar-refractivity contribution in [2.24, 2.45) is 5.92 Å². The van der Waals surface area contributed by atoms with Crippen LogP contribution in [0.25, 0.3) is 0 Å². The van der Waals surface area contributed by atoms with Crippen molar-refractivity contribution in [3.05, 3.63) is 51.8 Å². The van der Waals surface area contributed by atoms with Crippen molar-refractivity contribution >= 4 is 35.8 Å². The summed E-state index contributed by atoms with van der Waals surface area (Å²) >= 11 is 6.23. The van der Waals surface area contributed by atoms with Gasteiger partial charge in [-0.25, -0.2) is 0 Å². The Labute approximate surface area is 255 Å². The predicted octanol–water partition coefficient (Wildman–Crippen LogP) is 5.09. The Morgan fingerprint density at radius 2 is 1.76 bits per heavy atom. The second kappa shape index (κ2) is 13.4. The molecule has 226 valence electrons. The zero-order chi connectivity index (χ0) is 28.4. The Hall–Kier alpha value is -2.13. The summed E-state index contributed by atoms with van der Waals surface area (Å²) < 4.78 is 0. The topological polar surface area (TPSA) is 102 Å². The first-order valence-electron chi connectivity index (χ1n) is 15.1. The van der Waals surface area contributed by atoms with Crippen LogP contribution in [0.3, 0.4) is 0 Å². The molecule has 0 bridgehead atoms. The van der Waals surface area contributed by atoms with E-state index in [4.69, 9.17) is 11.6 Å². The lowest BCUT2D eigenvalue weighted by atomic mass is 9.77. The quantitative estimate of drug-likeness (QED) is 0.389. The van der Waals surface area contributed by atoms with Gasteiger partial charge < -0.3 is 15.3 Å². The molecule has 1 unspecified atom stereocenters. The van der Waals surface area contributed by atoms with Gasteiger partial charge in [-0.1, -0.05) is 56.3 Å². The largest absolute Gasteiger partial charge is 0.390 e. The highest BCUT2D eigenvalue weighted by molar-refractivity contribution is 6.30. The average molecular weight is 607 g/mol. The van der Waals surface area contributed by atoms with Crippen molar-refractivity contribution in [3.63, 3.8) is 0 Å². The molecule has 1 aliphatic carbocycles. The summed E-state index contributed by atoms with van der Waals surface area (Å²) in [4.78, 5) is 32.2. The van der Waals surface area contributed by atoms with Crippen LogP contribution in [-0.2, 0) is 9.59 Å². The van der Waals surface area contributed by atoms with Crippen LogP contribution in [0.5, 0.6) is 0 Å². The maximum Gasteiger partial charge on any atom is 0.248 e. The van der Waals surface area contributed by atoms with E-state index in [1.165, 1.54) is 6.42 Å². The minimum atomic E-state index is -0.892. The average Bonchev–Trinajstić information content (AvgIpc) is 3.30. The number of aliphatic hydroxyl groups is 1. The number of carbonyl (C=O) groups is 2. The number of H-pyrrole nitrogens is 1. The number of aromatic amines is 1. The predicted molar refractivity (Wildman–Crippen MR) is 163 cm³/mol. The standard InChI is InChI=1S/C31H44ClN5O3.ClH/c1-4-5-17-37-29(39)26(28(38)23-9-7-6-8-10-23)33-30(40)31(37)15-18-36(19-16-31)27(22-11-13-24(32)14-12-22)25-20(2)34-35-21(25)3;/h11-14,23,26-28,38H,4-10,15-19H2,1-3H3,(H,33,40)(H,34,35);1H/t26-,27?,28-;/m1./s1. The lowest BCUT2D eigenvalue weighted by molar-refractivity contribution is -0.166. The molecule has 2 saturated heterocycles. The molecule has 2 aromatic rings. The van der Waals surface area contributed by atoms with Crippen molar-refractivity contribution in [1.29, 1.82) is 0 Å². The lowest BCUT2D eigenvalue weighted by Crippen LogP contribution is -2.75. The van der Waals surface area contributed by atoms with E-state index in [9.17, 15) is 14.7 Å². The molecule has 8 nitrogen and oxygen atoms in total. The molecule has 3 fully saturated rings. The molecule has 3 aliphatic rings. The van der Waals surface area contributed by atoms with Crippen molar-refractivity contribution in [3.8, 4) is 0 Å². The van der Waals surface area contributed by atoms with Gasteiger partial charge in [0.1, 0.15) is 11.6 Å². The first kappa shape index (κ1) is 31.8. The van der Waals surface area contributed by atoms with E-state index in [2.05, 4.69) is 39.5 Å². The molecule has 1 spiro atoms. The highest BCUT2D eigenvalue weighted by Crippen LogP contribution is 2.40. The molecule has 41 heavy (non-hydrogen) atoms. The van der Waals surface area contributed by atoms with E-state index in [0.29, 0.717) is 37.5 Å². The number of nitrogens with zero attached hydrogens (tertiary/aromatic N) is 3. The second-order valence-electron chi connectivity index (χ2n) is 12.1. The van der Waals surface area contributed by atoms with Crippen molar-refractivity contribution in [1.82, 2.24) is 25.3 Å². The number of halogens is 2. The first-order chi connectivity index (χ1) is 19.3. The molecule has 5 rings (SSSR count). The molecule has 3 heterocycles. The van der Waals surface area contributed by atoms with Crippen LogP contribution in [0, 0.1) is 19.8 Å². The number of hydrogen-bond donors (Lipinski definition) is 3. The number of aromatic nitrogens is 2. The summed E-state index contributed by atoms with van der Waals surface area (Å²) in [6.07, 6.45) is 7.15. The van der Waals surface area contributed by atoms with E-state index in [0.717, 1.165) is 61.0 Å². The molecule has 2 amide bonds. The third-order valence-corrected chi connectivity index (χ3v) is 9.85. The Morgan fingerprint density at radius 1 is 1.10 bits per heavy atom. The van der Waals surface area contributed by atoms with E-state index >= 15 is 0 Å². The molecule has 0 radical (unpaired) electrons. The SMILES string of the molecule is CCCCN1C(=O)[C@@H]([C@H](O)C2CCCCC2)NC(=O)C12CCN(C(c1ccc(Cl)cc1)c1c(C)n[nH]c1C)CC2.Cl. The smallest absolute Gasteiger partial charge is 0.248 e. The number of carbonyl (C=O) groups excluding carboxylic acids is 2. The zero-order valence-electron chi connectivity index (χ0n) is 24.5. The summed E-state index contributed by atoms with van der Waals surface area (Å²) in [5.74, 6) is -0.162. The Kier molecular flexibility index (Phi) is 10.4. The van der Waals surface area contributed by atoms with Gasteiger partial charge in [0.15, 0.2) is 0 Å². The van der Waals surface area contributed by atoms with Gasteiger partial charge in [-0.3, -0.25) is 19.6 Å². The minimum absolute atomic E-state index is 0. The van der Waals surface area contributed by atoms with Crippen molar-refractivity contribution < 1.29 is 14.7 Å². The Bertz CT molecular complexity index is 1170. The van der Waals surface area contributed by atoms with Gasteiger partial charge in [0.05, 0.1) is 17.8 Å². The number of benzene rings is 1. The third kappa shape index (κ3) is 6.17. The van der Waals surface area contributed by atoms with Crippen LogP contribution >= 0.6 is 24.0 Å². The van der Waals surface area contributed by atoms with Gasteiger partial charge in [0.25, 0.3) is 0 Å². The van der Waals surface area contributed by atoms with E-state index in [-0.39, 0.29) is 36.2 Å². The minimum Gasteiger partial charge on any atom is -0.390 e. The van der Waals surface area contributed by atoms with Gasteiger partial charge in [-0.05, 0) is 69.6 Å². The summed E-state index contributed by atoms with van der Waals surface area (Å²) in [7, 11) is 0. The molecule has 3 N–H and O–H groups in total. The van der Waals surface area contributed by atoms with E-state index in [1.54, 1.807) is 0 Å². The van der Waals surface area contributed by atoms with Crippen LogP contribution in [0.15, 0.2) is 24.3 Å². The summed E-state index contributed by atoms with van der Waals surface area (Å²) in [5, 5.41) is 22.6. The van der Waals surface area contributed by atoms with Gasteiger partial charge in [-0.15, -0.1) is 12.4 Å². The molecule has 1 saturated carbocycles. The molecule has 1 aromatic heterocycles. The Balaban J connectivity index is 0.00000387. The molecular formula is C31H45Cl2N5O3. The molecule has 3 atom stereocenters. The molecule has 10 heteroatoms. The molecular weight excluding hydrogens is 561 g/mol. The lowest BCUT2D eigenvalue weighted by Gasteiger charge is -2.53. The summed E-state index contributed by atoms with van der Waals surface area (Å²) in [6, 6.07) is 7.06. The zero-order valence-corrected chi connectivity index (χ0v) is 26.1. The van der Waals surface area contributed by atoms with Crippen LogP contribution in [-0.4, -0.2) is 74.2 Å². The first-order valence-corrected chi connectivity index (χ1v) is 15.5. The highest BCUT2D eigenvalue weighted by Gasteiger charge is 2.55. The van der Waals surface area contributed by atoms with Gasteiger partial charge in [0, 0.05) is 35.9 Å². The van der Waals surface area contributed by atoms with Crippen LogP contribution in [0.2, 0.25) is 5.02 Å². The second-order valence-corrected chi connectivity index (χ2v) is 12.5.